The van der Waals surface area contributed by atoms with Crippen LogP contribution in [0.2, 0.25) is 0 Å². The summed E-state index contributed by atoms with van der Waals surface area (Å²) >= 11 is 0. The lowest BCUT2D eigenvalue weighted by atomic mass is 9.87. The monoisotopic (exact) mass is 351 g/mol. The van der Waals surface area contributed by atoms with Crippen molar-refractivity contribution in [2.75, 3.05) is 17.3 Å². The SMILES string of the molecule is CNC(=O)C1Cc2ccccc2N1C(=O)Nc1ccc(C(C)(C)C)cc1. The summed E-state index contributed by atoms with van der Waals surface area (Å²) in [6, 6.07) is 14.6. The summed E-state index contributed by atoms with van der Waals surface area (Å²) in [6.45, 7) is 6.45. The molecule has 1 heterocycles. The Hall–Kier alpha value is -2.82. The molecule has 3 amide bonds. The Balaban J connectivity index is 1.84. The Labute approximate surface area is 154 Å². The number of nitrogens with one attached hydrogen (secondary N) is 2. The van der Waals surface area contributed by atoms with Crippen molar-refractivity contribution in [2.45, 2.75) is 38.6 Å². The summed E-state index contributed by atoms with van der Waals surface area (Å²) in [5.41, 5.74) is 3.75. The van der Waals surface area contributed by atoms with E-state index >= 15 is 0 Å². The van der Waals surface area contributed by atoms with Crippen LogP contribution < -0.4 is 15.5 Å². The van der Waals surface area contributed by atoms with Gasteiger partial charge in [-0.3, -0.25) is 9.69 Å². The third-order valence-electron chi connectivity index (χ3n) is 4.75. The van der Waals surface area contributed by atoms with Gasteiger partial charge < -0.3 is 10.6 Å². The molecule has 0 aromatic heterocycles. The molecule has 0 radical (unpaired) electrons. The van der Waals surface area contributed by atoms with Crippen LogP contribution >= 0.6 is 0 Å². The van der Waals surface area contributed by atoms with Crippen molar-refractivity contribution in [3.05, 3.63) is 59.7 Å². The number of para-hydroxylation sites is 1. The molecular weight excluding hydrogens is 326 g/mol. The van der Waals surface area contributed by atoms with Gasteiger partial charge in [-0.25, -0.2) is 4.79 Å². The number of rotatable bonds is 2. The van der Waals surface area contributed by atoms with Crippen LogP contribution in [-0.4, -0.2) is 25.0 Å². The fourth-order valence-electron chi connectivity index (χ4n) is 3.25. The number of hydrogen-bond donors (Lipinski definition) is 2. The largest absolute Gasteiger partial charge is 0.357 e. The molecule has 0 spiro atoms. The van der Waals surface area contributed by atoms with E-state index in [1.165, 1.54) is 5.56 Å². The molecule has 2 aromatic carbocycles. The number of nitrogens with zero attached hydrogens (tertiary/aromatic N) is 1. The molecule has 136 valence electrons. The van der Waals surface area contributed by atoms with Crippen molar-refractivity contribution in [3.8, 4) is 0 Å². The molecule has 0 bridgehead atoms. The molecule has 5 nitrogen and oxygen atoms in total. The lowest BCUT2D eigenvalue weighted by molar-refractivity contribution is -0.121. The first-order chi connectivity index (χ1) is 12.3. The van der Waals surface area contributed by atoms with Crippen LogP contribution in [0, 0.1) is 0 Å². The van der Waals surface area contributed by atoms with E-state index in [1.807, 2.05) is 48.5 Å². The maximum atomic E-state index is 12.9. The summed E-state index contributed by atoms with van der Waals surface area (Å²) in [5, 5.41) is 5.57. The number of urea groups is 1. The smallest absolute Gasteiger partial charge is 0.327 e. The fourth-order valence-corrected chi connectivity index (χ4v) is 3.25. The highest BCUT2D eigenvalue weighted by Crippen LogP contribution is 2.33. The van der Waals surface area contributed by atoms with Crippen LogP contribution in [0.3, 0.4) is 0 Å². The number of amides is 3. The molecule has 2 aromatic rings. The van der Waals surface area contributed by atoms with E-state index in [-0.39, 0.29) is 17.4 Å². The predicted molar refractivity (Wildman–Crippen MR) is 105 cm³/mol. The van der Waals surface area contributed by atoms with Crippen LogP contribution in [0.25, 0.3) is 0 Å². The van der Waals surface area contributed by atoms with Crippen LogP contribution in [0.5, 0.6) is 0 Å². The van der Waals surface area contributed by atoms with E-state index < -0.39 is 6.04 Å². The molecule has 1 unspecified atom stereocenters. The van der Waals surface area contributed by atoms with Gasteiger partial charge in [0.25, 0.3) is 0 Å². The number of hydrogen-bond acceptors (Lipinski definition) is 2. The first kappa shape index (κ1) is 18.0. The number of fused-ring (bicyclic) bond motifs is 1. The summed E-state index contributed by atoms with van der Waals surface area (Å²) in [4.78, 5) is 26.7. The topological polar surface area (TPSA) is 61.4 Å². The zero-order chi connectivity index (χ0) is 18.9. The highest BCUT2D eigenvalue weighted by molar-refractivity contribution is 6.08. The number of carbonyl (C=O) groups excluding carboxylic acids is 2. The van der Waals surface area contributed by atoms with Gasteiger partial charge in [-0.05, 0) is 34.7 Å². The maximum absolute atomic E-state index is 12.9. The molecule has 0 saturated carbocycles. The van der Waals surface area contributed by atoms with E-state index in [9.17, 15) is 9.59 Å². The zero-order valence-electron chi connectivity index (χ0n) is 15.7. The second-order valence-corrected chi connectivity index (χ2v) is 7.59. The molecule has 26 heavy (non-hydrogen) atoms. The molecule has 3 rings (SSSR count). The molecule has 1 aliphatic heterocycles. The zero-order valence-corrected chi connectivity index (χ0v) is 15.7. The third kappa shape index (κ3) is 3.43. The lowest BCUT2D eigenvalue weighted by Crippen LogP contribution is -2.48. The van der Waals surface area contributed by atoms with Crippen molar-refractivity contribution < 1.29 is 9.59 Å². The van der Waals surface area contributed by atoms with Crippen LogP contribution in [0.4, 0.5) is 16.2 Å². The number of benzene rings is 2. The van der Waals surface area contributed by atoms with Gasteiger partial charge in [-0.15, -0.1) is 0 Å². The minimum Gasteiger partial charge on any atom is -0.357 e. The van der Waals surface area contributed by atoms with Gasteiger partial charge in [0.1, 0.15) is 6.04 Å². The van der Waals surface area contributed by atoms with E-state index in [0.717, 1.165) is 11.3 Å². The van der Waals surface area contributed by atoms with Gasteiger partial charge in [-0.1, -0.05) is 51.1 Å². The highest BCUT2D eigenvalue weighted by Gasteiger charge is 2.37. The molecule has 0 fully saturated rings. The van der Waals surface area contributed by atoms with Gasteiger partial charge >= 0.3 is 6.03 Å². The Bertz CT molecular complexity index is 822. The van der Waals surface area contributed by atoms with Crippen LogP contribution in [-0.2, 0) is 16.6 Å². The molecule has 1 aliphatic rings. The van der Waals surface area contributed by atoms with E-state index in [0.29, 0.717) is 12.1 Å². The van der Waals surface area contributed by atoms with Crippen molar-refractivity contribution in [2.24, 2.45) is 0 Å². The Morgan fingerprint density at radius 1 is 1.04 bits per heavy atom. The third-order valence-corrected chi connectivity index (χ3v) is 4.75. The highest BCUT2D eigenvalue weighted by atomic mass is 16.2. The van der Waals surface area contributed by atoms with E-state index in [2.05, 4.69) is 31.4 Å². The molecular formula is C21H25N3O2. The lowest BCUT2D eigenvalue weighted by Gasteiger charge is -2.25. The summed E-state index contributed by atoms with van der Waals surface area (Å²) in [6.07, 6.45) is 0.520. The normalized spacial score (nSPS) is 16.2. The first-order valence-electron chi connectivity index (χ1n) is 8.81. The minimum atomic E-state index is -0.536. The summed E-state index contributed by atoms with van der Waals surface area (Å²) in [5.74, 6) is -0.167. The summed E-state index contributed by atoms with van der Waals surface area (Å²) in [7, 11) is 1.59. The molecule has 5 heteroatoms. The van der Waals surface area contributed by atoms with Gasteiger partial charge in [0.05, 0.1) is 0 Å². The van der Waals surface area contributed by atoms with Crippen molar-refractivity contribution in [1.29, 1.82) is 0 Å². The summed E-state index contributed by atoms with van der Waals surface area (Å²) < 4.78 is 0. The van der Waals surface area contributed by atoms with Crippen molar-refractivity contribution >= 4 is 23.3 Å². The maximum Gasteiger partial charge on any atom is 0.327 e. The van der Waals surface area contributed by atoms with Crippen LogP contribution in [0.1, 0.15) is 31.9 Å². The Morgan fingerprint density at radius 3 is 2.31 bits per heavy atom. The van der Waals surface area contributed by atoms with Crippen molar-refractivity contribution in [3.63, 3.8) is 0 Å². The second-order valence-electron chi connectivity index (χ2n) is 7.59. The van der Waals surface area contributed by atoms with Gasteiger partial charge in [0, 0.05) is 24.8 Å². The second kappa shape index (κ2) is 6.83. The van der Waals surface area contributed by atoms with Crippen molar-refractivity contribution in [1.82, 2.24) is 5.32 Å². The molecule has 0 aliphatic carbocycles. The number of anilines is 2. The number of carbonyl (C=O) groups is 2. The predicted octanol–water partition coefficient (Wildman–Crippen LogP) is 3.69. The quantitative estimate of drug-likeness (QED) is 0.867. The molecule has 2 N–H and O–H groups in total. The standard InChI is InChI=1S/C21H25N3O2/c1-21(2,3)15-9-11-16(12-10-15)23-20(26)24-17-8-6-5-7-14(17)13-18(24)19(25)22-4/h5-12,18H,13H2,1-4H3,(H,22,25)(H,23,26). The fraction of sp³-hybridized carbons (Fsp3) is 0.333. The first-order valence-corrected chi connectivity index (χ1v) is 8.81. The molecule has 0 saturated heterocycles. The Kier molecular flexibility index (Phi) is 4.72. The van der Waals surface area contributed by atoms with E-state index in [1.54, 1.807) is 11.9 Å². The average molecular weight is 351 g/mol. The van der Waals surface area contributed by atoms with E-state index in [4.69, 9.17) is 0 Å². The van der Waals surface area contributed by atoms with Gasteiger partial charge in [-0.2, -0.15) is 0 Å². The Morgan fingerprint density at radius 2 is 1.69 bits per heavy atom. The number of likely N-dealkylation sites (N-methyl/N-ethyl adjacent to an activating group) is 1. The van der Waals surface area contributed by atoms with Crippen LogP contribution in [0.15, 0.2) is 48.5 Å². The van der Waals surface area contributed by atoms with Gasteiger partial charge in [0.15, 0.2) is 0 Å². The molecule has 1 atom stereocenters. The van der Waals surface area contributed by atoms with Gasteiger partial charge in [0.2, 0.25) is 5.91 Å². The average Bonchev–Trinajstić information content (AvgIpc) is 3.00. The minimum absolute atomic E-state index is 0.0563.